The molecule has 0 aliphatic carbocycles. The molecule has 0 aliphatic heterocycles. The van der Waals surface area contributed by atoms with Crippen molar-refractivity contribution in [2.45, 2.75) is 0 Å². The molecule has 0 atom stereocenters. The van der Waals surface area contributed by atoms with Gasteiger partial charge in [0.15, 0.2) is 0 Å². The van der Waals surface area contributed by atoms with Gasteiger partial charge in [0.25, 0.3) is 0 Å². The molecule has 2 rings (SSSR count). The van der Waals surface area contributed by atoms with Gasteiger partial charge in [-0.1, -0.05) is 0 Å². The zero-order chi connectivity index (χ0) is 10.6. The SMILES string of the molecule is [Cl][Re]([Cl])[Cl].c1cc[cH-]c1.c1cc[cH-]c1. The average Bonchev–Trinajstić information content (AvgIpc) is 2.83. The number of halogens is 3. The second kappa shape index (κ2) is 11.3. The third-order valence-electron chi connectivity index (χ3n) is 1.11. The number of hydrogen-bond donors (Lipinski definition) is 0. The minimum atomic E-state index is -2.05. The van der Waals surface area contributed by atoms with Crippen molar-refractivity contribution >= 4 is 28.6 Å². The summed E-state index contributed by atoms with van der Waals surface area (Å²) in [6.07, 6.45) is 0. The van der Waals surface area contributed by atoms with E-state index in [0.29, 0.717) is 0 Å². The second-order valence-corrected chi connectivity index (χ2v) is 13.9. The summed E-state index contributed by atoms with van der Waals surface area (Å²) in [7, 11) is 15.0. The topological polar surface area (TPSA) is 0 Å². The fourth-order valence-electron chi connectivity index (χ4n) is 0.642. The van der Waals surface area contributed by atoms with Gasteiger partial charge in [-0.05, 0) is 0 Å². The van der Waals surface area contributed by atoms with Gasteiger partial charge in [-0.15, -0.1) is 0 Å². The molecule has 0 spiro atoms. The quantitative estimate of drug-likeness (QED) is 0.531. The van der Waals surface area contributed by atoms with Crippen LogP contribution in [0.4, 0.5) is 0 Å². The van der Waals surface area contributed by atoms with Crippen LogP contribution in [0.1, 0.15) is 0 Å². The van der Waals surface area contributed by atoms with Gasteiger partial charge in [-0.3, -0.25) is 0 Å². The van der Waals surface area contributed by atoms with Crippen LogP contribution in [0, 0.1) is 0 Å². The van der Waals surface area contributed by atoms with E-state index in [1.165, 1.54) is 0 Å². The van der Waals surface area contributed by atoms with Crippen molar-refractivity contribution in [3.05, 3.63) is 60.7 Å². The van der Waals surface area contributed by atoms with E-state index in [-0.39, 0.29) is 0 Å². The van der Waals surface area contributed by atoms with Gasteiger partial charge in [0, 0.05) is 0 Å². The molecule has 0 aliphatic rings. The van der Waals surface area contributed by atoms with Crippen LogP contribution in [-0.2, 0) is 13.7 Å². The Morgan fingerprint density at radius 1 is 0.643 bits per heavy atom. The predicted molar refractivity (Wildman–Crippen MR) is 61.6 cm³/mol. The molecule has 0 unspecified atom stereocenters. The minimum Gasteiger partial charge on any atom is -0.214 e. The first-order valence-electron chi connectivity index (χ1n) is 3.76. The second-order valence-electron chi connectivity index (χ2n) is 2.09. The smallest absolute Gasteiger partial charge is 0.172 e. The van der Waals surface area contributed by atoms with E-state index in [1.807, 2.05) is 60.7 Å². The van der Waals surface area contributed by atoms with E-state index in [9.17, 15) is 0 Å². The van der Waals surface area contributed by atoms with Crippen LogP contribution in [0.3, 0.4) is 0 Å². The van der Waals surface area contributed by atoms with E-state index < -0.39 is 13.7 Å². The molecule has 0 N–H and O–H groups in total. The van der Waals surface area contributed by atoms with E-state index >= 15 is 0 Å². The Bertz CT molecular complexity index is 187. The van der Waals surface area contributed by atoms with Crippen molar-refractivity contribution < 1.29 is 13.7 Å². The summed E-state index contributed by atoms with van der Waals surface area (Å²) >= 11 is -2.05. The molecule has 14 heavy (non-hydrogen) atoms. The van der Waals surface area contributed by atoms with Crippen LogP contribution < -0.4 is 0 Å². The largest absolute Gasteiger partial charge is 0.214 e. The first kappa shape index (κ1) is 14.2. The first-order valence-corrected chi connectivity index (χ1v) is 13.9. The molecule has 80 valence electrons. The standard InChI is InChI=1S/2C5H5.3ClH.Re/c2*1-2-4-5-3-1;;;;/h2*1-5H;3*1H;/q2*-1;;;;+3/p-3. The van der Waals surface area contributed by atoms with E-state index in [2.05, 4.69) is 0 Å². The van der Waals surface area contributed by atoms with Crippen LogP contribution in [0.5, 0.6) is 0 Å². The molecular weight excluding hydrogens is 413 g/mol. The molecule has 2 aromatic rings. The Labute approximate surface area is 102 Å². The van der Waals surface area contributed by atoms with Crippen LogP contribution in [-0.4, -0.2) is 0 Å². The zero-order valence-electron chi connectivity index (χ0n) is 7.29. The van der Waals surface area contributed by atoms with Crippen LogP contribution >= 0.6 is 28.6 Å². The van der Waals surface area contributed by atoms with Gasteiger partial charge >= 0.3 is 42.3 Å². The Kier molecular flexibility index (Phi) is 11.5. The van der Waals surface area contributed by atoms with E-state index in [1.54, 1.807) is 0 Å². The summed E-state index contributed by atoms with van der Waals surface area (Å²) < 4.78 is 0. The average molecular weight is 423 g/mol. The summed E-state index contributed by atoms with van der Waals surface area (Å²) in [5, 5.41) is 0. The molecule has 0 aromatic heterocycles. The van der Waals surface area contributed by atoms with Crippen LogP contribution in [0.25, 0.3) is 0 Å². The molecule has 0 bridgehead atoms. The molecule has 0 amide bonds. The molecule has 0 nitrogen and oxygen atoms in total. The molecule has 0 heterocycles. The number of hydrogen-bond acceptors (Lipinski definition) is 0. The van der Waals surface area contributed by atoms with Gasteiger partial charge in [-0.2, -0.15) is 36.4 Å². The molecule has 0 fully saturated rings. The van der Waals surface area contributed by atoms with Gasteiger partial charge in [-0.25, -0.2) is 24.3 Å². The molecule has 0 saturated carbocycles. The van der Waals surface area contributed by atoms with E-state index in [0.717, 1.165) is 0 Å². The van der Waals surface area contributed by atoms with Gasteiger partial charge in [0.05, 0.1) is 0 Å². The van der Waals surface area contributed by atoms with Gasteiger partial charge in [0.1, 0.15) is 0 Å². The monoisotopic (exact) mass is 422 g/mol. The van der Waals surface area contributed by atoms with Gasteiger partial charge in [0.2, 0.25) is 0 Å². The fraction of sp³-hybridized carbons (Fsp3) is 0. The summed E-state index contributed by atoms with van der Waals surface area (Å²) in [6.45, 7) is 0. The molecular formula is C10H10Cl3Re-2. The molecule has 4 heteroatoms. The normalized spacial score (nSPS) is 8.93. The maximum absolute atomic E-state index is 4.99. The Hall–Kier alpha value is 0.232. The van der Waals surface area contributed by atoms with Gasteiger partial charge < -0.3 is 0 Å². The summed E-state index contributed by atoms with van der Waals surface area (Å²) in [5.41, 5.74) is 0. The number of rotatable bonds is 0. The maximum Gasteiger partial charge on any atom is -0.172 e. The van der Waals surface area contributed by atoms with Crippen molar-refractivity contribution in [2.75, 3.05) is 0 Å². The van der Waals surface area contributed by atoms with Crippen molar-refractivity contribution in [2.24, 2.45) is 0 Å². The van der Waals surface area contributed by atoms with Crippen LogP contribution in [0.2, 0.25) is 0 Å². The molecule has 0 radical (unpaired) electrons. The zero-order valence-corrected chi connectivity index (χ0v) is 12.3. The van der Waals surface area contributed by atoms with Crippen molar-refractivity contribution in [1.29, 1.82) is 0 Å². The first-order chi connectivity index (χ1) is 6.73. The molecule has 2 aromatic carbocycles. The van der Waals surface area contributed by atoms with Crippen molar-refractivity contribution in [1.82, 2.24) is 0 Å². The Balaban J connectivity index is 0.000000183. The van der Waals surface area contributed by atoms with E-state index in [4.69, 9.17) is 28.6 Å². The third kappa shape index (κ3) is 14.7. The summed E-state index contributed by atoms with van der Waals surface area (Å²) in [4.78, 5) is 0. The summed E-state index contributed by atoms with van der Waals surface area (Å²) in [6, 6.07) is 20.0. The Morgan fingerprint density at radius 2 is 0.857 bits per heavy atom. The Morgan fingerprint density at radius 3 is 0.929 bits per heavy atom. The maximum atomic E-state index is 4.99. The summed E-state index contributed by atoms with van der Waals surface area (Å²) in [5.74, 6) is 0. The fourth-order valence-corrected chi connectivity index (χ4v) is 0.642. The van der Waals surface area contributed by atoms with Crippen molar-refractivity contribution in [3.8, 4) is 0 Å². The van der Waals surface area contributed by atoms with Crippen molar-refractivity contribution in [3.63, 3.8) is 0 Å². The third-order valence-corrected chi connectivity index (χ3v) is 1.11. The predicted octanol–water partition coefficient (Wildman–Crippen LogP) is 4.88. The minimum absolute atomic E-state index is 2.00. The molecule has 0 saturated heterocycles. The van der Waals surface area contributed by atoms with Crippen LogP contribution in [0.15, 0.2) is 60.7 Å².